The van der Waals surface area contributed by atoms with Gasteiger partial charge >= 0.3 is 6.09 Å². The van der Waals surface area contributed by atoms with Crippen molar-refractivity contribution in [2.45, 2.75) is 85.7 Å². The van der Waals surface area contributed by atoms with Gasteiger partial charge in [0, 0.05) is 19.6 Å². The van der Waals surface area contributed by atoms with Crippen LogP contribution in [0.1, 0.15) is 81.7 Å². The maximum Gasteiger partial charge on any atom is 0.410 e. The van der Waals surface area contributed by atoms with Gasteiger partial charge in [-0.1, -0.05) is 74.4 Å². The number of fused-ring (bicyclic) bond motifs is 1. The second-order valence-corrected chi connectivity index (χ2v) is 9.64. The van der Waals surface area contributed by atoms with Crippen LogP contribution in [0.2, 0.25) is 0 Å². The van der Waals surface area contributed by atoms with Crippen molar-refractivity contribution in [3.63, 3.8) is 0 Å². The van der Waals surface area contributed by atoms with E-state index in [2.05, 4.69) is 67.7 Å². The van der Waals surface area contributed by atoms with Crippen molar-refractivity contribution in [3.05, 3.63) is 75.9 Å². The number of carbonyl (C=O) groups is 1. The molecule has 1 N–H and O–H groups in total. The third kappa shape index (κ3) is 6.70. The van der Waals surface area contributed by atoms with Crippen LogP contribution in [0.15, 0.2) is 48.0 Å². The molecule has 0 fully saturated rings. The van der Waals surface area contributed by atoms with Gasteiger partial charge in [0.25, 0.3) is 0 Å². The summed E-state index contributed by atoms with van der Waals surface area (Å²) in [5.74, 6) is 0. The summed E-state index contributed by atoms with van der Waals surface area (Å²) < 4.78 is 5.55. The topological polar surface area (TPSA) is 41.6 Å². The minimum absolute atomic E-state index is 0.244. The number of ether oxygens (including phenoxy) is 1. The number of hydrogen-bond donors (Lipinski definition) is 1. The van der Waals surface area contributed by atoms with Crippen molar-refractivity contribution < 1.29 is 9.53 Å². The first-order chi connectivity index (χ1) is 15.3. The van der Waals surface area contributed by atoms with E-state index in [1.54, 1.807) is 4.90 Å². The van der Waals surface area contributed by atoms with Crippen LogP contribution >= 0.6 is 0 Å². The van der Waals surface area contributed by atoms with Gasteiger partial charge in [-0.15, -0.1) is 0 Å². The highest BCUT2D eigenvalue weighted by molar-refractivity contribution is 5.69. The lowest BCUT2D eigenvalue weighted by Crippen LogP contribution is -2.33. The number of hydrogen-bond acceptors (Lipinski definition) is 3. The average Bonchev–Trinajstić information content (AvgIpc) is 3.19. The standard InChI is InChI=1S/C28H38N2O2/c1-6-9-21(7-2)16-22-12-14-23(15-13-22)17-29-18-24-10-8-11-25-19-30(20-26(24)25)27(31)32-28(3,4)5/h8,10-16,29H,6-7,9,17-20H2,1-5H3/b21-16-. The van der Waals surface area contributed by atoms with Crippen LogP contribution in [-0.2, 0) is 30.9 Å². The fraction of sp³-hybridized carbons (Fsp3) is 0.464. The SMILES string of the molecule is CCC/C(=C\c1ccc(CNCc2cccc3c2CN(C(=O)OC(C)(C)C)C3)cc1)CC. The zero-order valence-electron chi connectivity index (χ0n) is 20.3. The first-order valence-electron chi connectivity index (χ1n) is 11.9. The van der Waals surface area contributed by atoms with Crippen molar-refractivity contribution in [2.75, 3.05) is 0 Å². The molecule has 1 aliphatic heterocycles. The largest absolute Gasteiger partial charge is 0.444 e. The van der Waals surface area contributed by atoms with Crippen LogP contribution in [0.25, 0.3) is 6.08 Å². The zero-order valence-corrected chi connectivity index (χ0v) is 20.3. The van der Waals surface area contributed by atoms with Crippen LogP contribution in [0.5, 0.6) is 0 Å². The third-order valence-electron chi connectivity index (χ3n) is 5.75. The minimum Gasteiger partial charge on any atom is -0.444 e. The molecule has 3 rings (SSSR count). The molecule has 0 radical (unpaired) electrons. The molecule has 4 heteroatoms. The summed E-state index contributed by atoms with van der Waals surface area (Å²) in [7, 11) is 0. The Morgan fingerprint density at radius 2 is 1.81 bits per heavy atom. The van der Waals surface area contributed by atoms with Gasteiger partial charge in [-0.25, -0.2) is 4.79 Å². The molecule has 0 saturated carbocycles. The number of rotatable bonds is 8. The summed E-state index contributed by atoms with van der Waals surface area (Å²) in [5, 5.41) is 3.57. The molecule has 4 nitrogen and oxygen atoms in total. The van der Waals surface area contributed by atoms with Crippen LogP contribution in [0, 0.1) is 0 Å². The van der Waals surface area contributed by atoms with E-state index in [0.29, 0.717) is 13.1 Å². The predicted molar refractivity (Wildman–Crippen MR) is 132 cm³/mol. The van der Waals surface area contributed by atoms with Gasteiger partial charge in [-0.2, -0.15) is 0 Å². The lowest BCUT2D eigenvalue weighted by molar-refractivity contribution is 0.0241. The Labute approximate surface area is 193 Å². The first-order valence-corrected chi connectivity index (χ1v) is 11.9. The molecule has 0 aromatic heterocycles. The molecule has 172 valence electrons. The summed E-state index contributed by atoms with van der Waals surface area (Å²) in [6.07, 6.45) is 5.56. The van der Waals surface area contributed by atoms with Gasteiger partial charge < -0.3 is 10.1 Å². The Balaban J connectivity index is 1.56. The molecule has 32 heavy (non-hydrogen) atoms. The van der Waals surface area contributed by atoms with Crippen LogP contribution in [0.3, 0.4) is 0 Å². The summed E-state index contributed by atoms with van der Waals surface area (Å²) in [6, 6.07) is 15.2. The molecule has 2 aromatic rings. The molecule has 0 atom stereocenters. The van der Waals surface area contributed by atoms with Gasteiger partial charge in [0.15, 0.2) is 0 Å². The molecule has 2 aromatic carbocycles. The highest BCUT2D eigenvalue weighted by Gasteiger charge is 2.28. The summed E-state index contributed by atoms with van der Waals surface area (Å²) in [4.78, 5) is 14.3. The van der Waals surface area contributed by atoms with E-state index in [1.807, 2.05) is 20.8 Å². The van der Waals surface area contributed by atoms with Gasteiger partial charge in [-0.3, -0.25) is 4.90 Å². The van der Waals surface area contributed by atoms with E-state index < -0.39 is 5.60 Å². The zero-order chi connectivity index (χ0) is 23.1. The highest BCUT2D eigenvalue weighted by Crippen LogP contribution is 2.27. The Morgan fingerprint density at radius 1 is 1.06 bits per heavy atom. The van der Waals surface area contributed by atoms with Crippen LogP contribution in [0.4, 0.5) is 4.79 Å². The van der Waals surface area contributed by atoms with Crippen molar-refractivity contribution >= 4 is 12.2 Å². The molecule has 1 heterocycles. The van der Waals surface area contributed by atoms with E-state index in [-0.39, 0.29) is 6.09 Å². The fourth-order valence-corrected chi connectivity index (χ4v) is 4.09. The van der Waals surface area contributed by atoms with Crippen molar-refractivity contribution in [1.82, 2.24) is 10.2 Å². The Hall–Kier alpha value is -2.59. The Bertz CT molecular complexity index is 939. The Morgan fingerprint density at radius 3 is 2.47 bits per heavy atom. The maximum atomic E-state index is 12.5. The summed E-state index contributed by atoms with van der Waals surface area (Å²) in [5.41, 5.74) is 7.30. The van der Waals surface area contributed by atoms with Gasteiger partial charge in [-0.05, 0) is 61.4 Å². The van der Waals surface area contributed by atoms with Gasteiger partial charge in [0.2, 0.25) is 0 Å². The minimum atomic E-state index is -0.476. The molecule has 1 amide bonds. The molecule has 0 saturated heterocycles. The monoisotopic (exact) mass is 434 g/mol. The molecular formula is C28H38N2O2. The summed E-state index contributed by atoms with van der Waals surface area (Å²) in [6.45, 7) is 13.0. The number of amides is 1. The van der Waals surface area contributed by atoms with E-state index in [4.69, 9.17) is 4.74 Å². The normalized spacial score (nSPS) is 13.9. The number of allylic oxidation sites excluding steroid dienone is 1. The van der Waals surface area contributed by atoms with E-state index in [9.17, 15) is 4.79 Å². The lowest BCUT2D eigenvalue weighted by atomic mass is 10.0. The van der Waals surface area contributed by atoms with Crippen LogP contribution < -0.4 is 5.32 Å². The smallest absolute Gasteiger partial charge is 0.410 e. The second kappa shape index (κ2) is 10.8. The van der Waals surface area contributed by atoms with Crippen molar-refractivity contribution in [3.8, 4) is 0 Å². The number of nitrogens with zero attached hydrogens (tertiary/aromatic N) is 1. The average molecular weight is 435 g/mol. The van der Waals surface area contributed by atoms with E-state index >= 15 is 0 Å². The first kappa shape index (κ1) is 24.1. The maximum absolute atomic E-state index is 12.5. The lowest BCUT2D eigenvalue weighted by Gasteiger charge is -2.24. The second-order valence-electron chi connectivity index (χ2n) is 9.64. The molecular weight excluding hydrogens is 396 g/mol. The van der Waals surface area contributed by atoms with Crippen LogP contribution in [-0.4, -0.2) is 16.6 Å². The van der Waals surface area contributed by atoms with Crippen molar-refractivity contribution in [2.24, 2.45) is 0 Å². The van der Waals surface area contributed by atoms with E-state index in [1.165, 1.54) is 46.2 Å². The number of nitrogens with one attached hydrogen (secondary N) is 1. The number of benzene rings is 2. The quantitative estimate of drug-likeness (QED) is 0.495. The molecule has 0 unspecified atom stereocenters. The Kier molecular flexibility index (Phi) is 8.14. The summed E-state index contributed by atoms with van der Waals surface area (Å²) >= 11 is 0. The highest BCUT2D eigenvalue weighted by atomic mass is 16.6. The molecule has 0 aliphatic carbocycles. The van der Waals surface area contributed by atoms with E-state index in [0.717, 1.165) is 19.5 Å². The van der Waals surface area contributed by atoms with Crippen molar-refractivity contribution in [1.29, 1.82) is 0 Å². The predicted octanol–water partition coefficient (Wildman–Crippen LogP) is 6.82. The van der Waals surface area contributed by atoms with Gasteiger partial charge in [0.05, 0.1) is 6.54 Å². The van der Waals surface area contributed by atoms with Gasteiger partial charge in [0.1, 0.15) is 5.60 Å². The fourth-order valence-electron chi connectivity index (χ4n) is 4.09. The molecule has 0 spiro atoms. The third-order valence-corrected chi connectivity index (χ3v) is 5.75. The molecule has 1 aliphatic rings. The number of carbonyl (C=O) groups excluding carboxylic acids is 1. The molecule has 0 bridgehead atoms.